The number of carboxylic acid groups (broad SMARTS) is 1. The SMILES string of the molecule is O=C(NCc1ccco1)c1ccsc1NC(=O)[C@H]1[C@@H](C(=O)O)[C@H]2CC[C@H]1O2. The van der Waals surface area contributed by atoms with Gasteiger partial charge in [0.2, 0.25) is 5.91 Å². The summed E-state index contributed by atoms with van der Waals surface area (Å²) in [5, 5.41) is 17.0. The Kier molecular flexibility index (Phi) is 4.71. The number of anilines is 1. The molecular formula is C18H18N2O6S. The van der Waals surface area contributed by atoms with Gasteiger partial charge < -0.3 is 24.9 Å². The first-order chi connectivity index (χ1) is 13.0. The Morgan fingerprint density at radius 3 is 2.67 bits per heavy atom. The molecule has 2 aliphatic rings. The number of hydrogen-bond acceptors (Lipinski definition) is 6. The van der Waals surface area contributed by atoms with Gasteiger partial charge in [-0.15, -0.1) is 11.3 Å². The highest BCUT2D eigenvalue weighted by molar-refractivity contribution is 7.14. The number of thiophene rings is 1. The smallest absolute Gasteiger partial charge is 0.310 e. The van der Waals surface area contributed by atoms with Crippen LogP contribution in [-0.2, 0) is 20.9 Å². The molecule has 0 spiro atoms. The summed E-state index contributed by atoms with van der Waals surface area (Å²) >= 11 is 1.21. The molecule has 9 heteroatoms. The molecule has 2 fully saturated rings. The molecule has 4 rings (SSSR count). The summed E-state index contributed by atoms with van der Waals surface area (Å²) in [6.45, 7) is 0.233. The zero-order chi connectivity index (χ0) is 19.0. The van der Waals surface area contributed by atoms with Crippen LogP contribution in [0, 0.1) is 11.8 Å². The number of nitrogens with one attached hydrogen (secondary N) is 2. The van der Waals surface area contributed by atoms with Crippen molar-refractivity contribution in [3.8, 4) is 0 Å². The number of carbonyl (C=O) groups is 3. The van der Waals surface area contributed by atoms with Crippen molar-refractivity contribution in [2.75, 3.05) is 5.32 Å². The number of aliphatic carboxylic acids is 1. The molecule has 2 amide bonds. The lowest BCUT2D eigenvalue weighted by Crippen LogP contribution is -2.41. The van der Waals surface area contributed by atoms with E-state index in [9.17, 15) is 19.5 Å². The van der Waals surface area contributed by atoms with Crippen molar-refractivity contribution in [1.82, 2.24) is 5.32 Å². The molecule has 2 bridgehead atoms. The maximum atomic E-state index is 12.7. The average Bonchev–Trinajstić information content (AvgIpc) is 3.42. The van der Waals surface area contributed by atoms with Crippen molar-refractivity contribution >= 4 is 34.1 Å². The molecule has 0 aliphatic carbocycles. The minimum atomic E-state index is -1.02. The van der Waals surface area contributed by atoms with Gasteiger partial charge in [-0.05, 0) is 36.4 Å². The Morgan fingerprint density at radius 2 is 1.96 bits per heavy atom. The zero-order valence-electron chi connectivity index (χ0n) is 14.2. The average molecular weight is 390 g/mol. The van der Waals surface area contributed by atoms with E-state index in [4.69, 9.17) is 9.15 Å². The van der Waals surface area contributed by atoms with Crippen molar-refractivity contribution in [1.29, 1.82) is 0 Å². The van der Waals surface area contributed by atoms with E-state index in [0.717, 1.165) is 0 Å². The van der Waals surface area contributed by atoms with Crippen LogP contribution in [0.25, 0.3) is 0 Å². The van der Waals surface area contributed by atoms with Crippen molar-refractivity contribution in [2.24, 2.45) is 11.8 Å². The van der Waals surface area contributed by atoms with Gasteiger partial charge in [0, 0.05) is 0 Å². The number of furan rings is 1. The van der Waals surface area contributed by atoms with Crippen molar-refractivity contribution in [2.45, 2.75) is 31.6 Å². The third kappa shape index (κ3) is 3.35. The van der Waals surface area contributed by atoms with Gasteiger partial charge in [-0.3, -0.25) is 14.4 Å². The molecule has 0 aromatic carbocycles. The fourth-order valence-corrected chi connectivity index (χ4v) is 4.57. The number of carboxylic acids is 1. The number of rotatable bonds is 6. The second kappa shape index (κ2) is 7.16. The molecule has 4 heterocycles. The molecule has 2 aromatic rings. The summed E-state index contributed by atoms with van der Waals surface area (Å²) in [5.41, 5.74) is 0.329. The molecule has 2 aromatic heterocycles. The minimum absolute atomic E-state index is 0.233. The van der Waals surface area contributed by atoms with E-state index in [1.54, 1.807) is 23.6 Å². The van der Waals surface area contributed by atoms with Crippen LogP contribution in [0.3, 0.4) is 0 Å². The standard InChI is InChI=1S/C18H18N2O6S/c21-15(19-8-9-2-1-6-25-9)10-5-7-27-17(10)20-16(22)13-11-3-4-12(26-11)14(13)18(23)24/h1-2,5-7,11-14H,3-4,8H2,(H,19,21)(H,20,22)(H,23,24)/t11-,12-,13-,14+/m1/s1. The molecule has 142 valence electrons. The molecule has 4 atom stereocenters. The van der Waals surface area contributed by atoms with Crippen molar-refractivity contribution in [3.05, 3.63) is 41.2 Å². The summed E-state index contributed by atoms with van der Waals surface area (Å²) in [6.07, 6.45) is 2.06. The van der Waals surface area contributed by atoms with Gasteiger partial charge in [0.1, 0.15) is 10.8 Å². The third-order valence-corrected chi connectivity index (χ3v) is 5.84. The van der Waals surface area contributed by atoms with E-state index in [-0.39, 0.29) is 18.6 Å². The number of amides is 2. The fourth-order valence-electron chi connectivity index (χ4n) is 3.78. The molecule has 3 N–H and O–H groups in total. The molecule has 27 heavy (non-hydrogen) atoms. The summed E-state index contributed by atoms with van der Waals surface area (Å²) in [4.78, 5) is 36.7. The zero-order valence-corrected chi connectivity index (χ0v) is 15.0. The minimum Gasteiger partial charge on any atom is -0.481 e. The summed E-state index contributed by atoms with van der Waals surface area (Å²) in [6, 6.07) is 5.09. The summed E-state index contributed by atoms with van der Waals surface area (Å²) in [5.74, 6) is -2.76. The Bertz CT molecular complexity index is 861. The highest BCUT2D eigenvalue weighted by Crippen LogP contribution is 2.44. The Balaban J connectivity index is 1.44. The van der Waals surface area contributed by atoms with E-state index < -0.39 is 29.8 Å². The largest absolute Gasteiger partial charge is 0.481 e. The highest BCUT2D eigenvalue weighted by Gasteiger charge is 2.55. The van der Waals surface area contributed by atoms with E-state index in [1.807, 2.05) is 0 Å². The van der Waals surface area contributed by atoms with Crippen LogP contribution in [0.5, 0.6) is 0 Å². The van der Waals surface area contributed by atoms with Gasteiger partial charge in [0.05, 0.1) is 42.4 Å². The molecule has 8 nitrogen and oxygen atoms in total. The predicted molar refractivity (Wildman–Crippen MR) is 95.3 cm³/mol. The molecule has 2 aliphatic heterocycles. The summed E-state index contributed by atoms with van der Waals surface area (Å²) < 4.78 is 10.8. The third-order valence-electron chi connectivity index (χ3n) is 5.01. The molecule has 0 saturated carbocycles. The van der Waals surface area contributed by atoms with Crippen LogP contribution in [-0.4, -0.2) is 35.1 Å². The Morgan fingerprint density at radius 1 is 1.19 bits per heavy atom. The molecule has 0 radical (unpaired) electrons. The van der Waals surface area contributed by atoms with E-state index in [1.165, 1.54) is 17.6 Å². The van der Waals surface area contributed by atoms with Gasteiger partial charge in [0.15, 0.2) is 0 Å². The fraction of sp³-hybridized carbons (Fsp3) is 0.389. The van der Waals surface area contributed by atoms with Gasteiger partial charge in [-0.1, -0.05) is 0 Å². The number of ether oxygens (including phenoxy) is 1. The van der Waals surface area contributed by atoms with Crippen LogP contribution in [0.1, 0.15) is 29.0 Å². The maximum absolute atomic E-state index is 12.7. The van der Waals surface area contributed by atoms with Crippen molar-refractivity contribution < 1.29 is 28.6 Å². The normalized spacial score (nSPS) is 26.1. The maximum Gasteiger partial charge on any atom is 0.310 e. The topological polar surface area (TPSA) is 118 Å². The first-order valence-corrected chi connectivity index (χ1v) is 9.49. The number of hydrogen-bond donors (Lipinski definition) is 3. The number of fused-ring (bicyclic) bond motifs is 2. The lowest BCUT2D eigenvalue weighted by atomic mass is 9.79. The Labute approximate surface area is 158 Å². The van der Waals surface area contributed by atoms with Crippen molar-refractivity contribution in [3.63, 3.8) is 0 Å². The van der Waals surface area contributed by atoms with Crippen LogP contribution in [0.15, 0.2) is 34.3 Å². The van der Waals surface area contributed by atoms with Crippen LogP contribution in [0.4, 0.5) is 5.00 Å². The second-order valence-electron chi connectivity index (χ2n) is 6.59. The van der Waals surface area contributed by atoms with Gasteiger partial charge >= 0.3 is 5.97 Å². The van der Waals surface area contributed by atoms with Crippen LogP contribution < -0.4 is 10.6 Å². The monoisotopic (exact) mass is 390 g/mol. The van der Waals surface area contributed by atoms with Gasteiger partial charge in [-0.2, -0.15) is 0 Å². The molecule has 2 saturated heterocycles. The lowest BCUT2D eigenvalue weighted by Gasteiger charge is -2.23. The lowest BCUT2D eigenvalue weighted by molar-refractivity contribution is -0.147. The molecular weight excluding hydrogens is 372 g/mol. The number of carbonyl (C=O) groups excluding carboxylic acids is 2. The van der Waals surface area contributed by atoms with E-state index in [2.05, 4.69) is 10.6 Å². The highest BCUT2D eigenvalue weighted by atomic mass is 32.1. The Hall–Kier alpha value is -2.65. The van der Waals surface area contributed by atoms with Gasteiger partial charge in [0.25, 0.3) is 5.91 Å². The first-order valence-electron chi connectivity index (χ1n) is 8.62. The summed E-state index contributed by atoms with van der Waals surface area (Å²) in [7, 11) is 0. The molecule has 0 unspecified atom stereocenters. The van der Waals surface area contributed by atoms with Crippen LogP contribution in [0.2, 0.25) is 0 Å². The van der Waals surface area contributed by atoms with E-state index in [0.29, 0.717) is 29.2 Å². The predicted octanol–water partition coefficient (Wildman–Crippen LogP) is 2.09. The van der Waals surface area contributed by atoms with Gasteiger partial charge in [-0.25, -0.2) is 0 Å². The quantitative estimate of drug-likeness (QED) is 0.695. The second-order valence-corrected chi connectivity index (χ2v) is 7.51. The van der Waals surface area contributed by atoms with Crippen LogP contribution >= 0.6 is 11.3 Å². The van der Waals surface area contributed by atoms with E-state index >= 15 is 0 Å². The first kappa shape index (κ1) is 17.7.